The minimum absolute atomic E-state index is 0.117. The molecular weight excluding hydrogens is 623 g/mol. The highest BCUT2D eigenvalue weighted by Gasteiger charge is 2.29. The quantitative estimate of drug-likeness (QED) is 0.145. The second kappa shape index (κ2) is 14.6. The molecule has 14 heteroatoms. The maximum atomic E-state index is 13.5. The number of rotatable bonds is 12. The van der Waals surface area contributed by atoms with Crippen molar-refractivity contribution >= 4 is 63.2 Å². The van der Waals surface area contributed by atoms with Crippen LogP contribution >= 0.6 is 34.4 Å². The summed E-state index contributed by atoms with van der Waals surface area (Å²) in [6, 6.07) is 9.54. The van der Waals surface area contributed by atoms with Crippen LogP contribution in [0.2, 0.25) is 0 Å². The number of ether oxygens (including phenoxy) is 2. The normalized spacial score (nSPS) is 11.6. The van der Waals surface area contributed by atoms with Crippen molar-refractivity contribution in [3.63, 3.8) is 0 Å². The Hall–Kier alpha value is -4.01. The average molecular weight is 656 g/mol. The van der Waals surface area contributed by atoms with E-state index in [1.165, 1.54) is 23.1 Å². The summed E-state index contributed by atoms with van der Waals surface area (Å²) in [5.74, 6) is -1.36. The third-order valence-corrected chi connectivity index (χ3v) is 9.53. The van der Waals surface area contributed by atoms with Gasteiger partial charge < -0.3 is 20.1 Å². The molecule has 0 spiro atoms. The highest BCUT2D eigenvalue weighted by Crippen LogP contribution is 2.35. The number of esters is 2. The number of thioether (sulfide) groups is 1. The zero-order valence-electron chi connectivity index (χ0n) is 25.2. The van der Waals surface area contributed by atoms with Gasteiger partial charge in [0, 0.05) is 0 Å². The van der Waals surface area contributed by atoms with E-state index in [-0.39, 0.29) is 41.1 Å². The standard InChI is InChI=1S/C30H33N5O6S3/c1-7-40-28(38)23-18(5)24(29(39)41-8-2)44-27(23)32-25(36)19(6)43-30-34-33-22(15-31-26(37)21-10-9-13-42-21)35(30)20-14-16(3)11-12-17(20)4/h9-14,19H,7-8,15H2,1-6H3,(H,31,37)(H,32,36)/t19-/m1/s1. The largest absolute Gasteiger partial charge is 0.462 e. The van der Waals surface area contributed by atoms with Crippen LogP contribution in [0.15, 0.2) is 40.9 Å². The first kappa shape index (κ1) is 32.9. The first-order valence-corrected chi connectivity index (χ1v) is 16.4. The summed E-state index contributed by atoms with van der Waals surface area (Å²) < 4.78 is 12.2. The second-order valence-corrected chi connectivity index (χ2v) is 12.9. The molecule has 3 aromatic heterocycles. The predicted molar refractivity (Wildman–Crippen MR) is 171 cm³/mol. The van der Waals surface area contributed by atoms with E-state index in [0.29, 0.717) is 21.4 Å². The summed E-state index contributed by atoms with van der Waals surface area (Å²) >= 11 is 3.48. The van der Waals surface area contributed by atoms with E-state index in [4.69, 9.17) is 9.47 Å². The molecule has 4 rings (SSSR count). The molecule has 1 aromatic carbocycles. The van der Waals surface area contributed by atoms with Crippen molar-refractivity contribution in [2.45, 2.75) is 58.5 Å². The first-order valence-electron chi connectivity index (χ1n) is 13.8. The number of thiophene rings is 2. The van der Waals surface area contributed by atoms with Crippen LogP contribution in [0, 0.1) is 20.8 Å². The van der Waals surface area contributed by atoms with Crippen LogP contribution in [-0.4, -0.2) is 57.0 Å². The number of amides is 2. The van der Waals surface area contributed by atoms with Gasteiger partial charge in [0.2, 0.25) is 5.91 Å². The molecule has 232 valence electrons. The van der Waals surface area contributed by atoms with Crippen LogP contribution < -0.4 is 10.6 Å². The number of hydrogen-bond donors (Lipinski definition) is 2. The summed E-state index contributed by atoms with van der Waals surface area (Å²) in [5, 5.41) is 16.2. The Bertz CT molecular complexity index is 1680. The number of nitrogens with zero attached hydrogens (tertiary/aromatic N) is 3. The van der Waals surface area contributed by atoms with Crippen LogP contribution in [0.4, 0.5) is 5.00 Å². The van der Waals surface area contributed by atoms with E-state index in [1.807, 2.05) is 48.1 Å². The van der Waals surface area contributed by atoms with Crippen molar-refractivity contribution in [1.29, 1.82) is 0 Å². The van der Waals surface area contributed by atoms with Gasteiger partial charge in [0.15, 0.2) is 11.0 Å². The summed E-state index contributed by atoms with van der Waals surface area (Å²) in [6.07, 6.45) is 0. The van der Waals surface area contributed by atoms with E-state index < -0.39 is 23.1 Å². The van der Waals surface area contributed by atoms with Crippen LogP contribution in [0.25, 0.3) is 5.69 Å². The lowest BCUT2D eigenvalue weighted by Crippen LogP contribution is -2.25. The molecule has 2 amide bonds. The highest BCUT2D eigenvalue weighted by molar-refractivity contribution is 8.00. The molecule has 0 aliphatic carbocycles. The third-order valence-electron chi connectivity index (χ3n) is 6.43. The second-order valence-electron chi connectivity index (χ2n) is 9.63. The predicted octanol–water partition coefficient (Wildman–Crippen LogP) is 5.72. The minimum atomic E-state index is -0.694. The van der Waals surface area contributed by atoms with Crippen LogP contribution in [0.3, 0.4) is 0 Å². The fourth-order valence-corrected chi connectivity index (χ4v) is 6.83. The van der Waals surface area contributed by atoms with Crippen LogP contribution in [0.5, 0.6) is 0 Å². The SMILES string of the molecule is CCOC(=O)c1sc(NC(=O)[C@@H](C)Sc2nnc(CNC(=O)c3cccs3)n2-c2cc(C)ccc2C)c(C(=O)OCC)c1C. The molecule has 4 aromatic rings. The maximum Gasteiger partial charge on any atom is 0.348 e. The van der Waals surface area contributed by atoms with Gasteiger partial charge in [-0.25, -0.2) is 9.59 Å². The number of anilines is 1. The summed E-state index contributed by atoms with van der Waals surface area (Å²) in [5.41, 5.74) is 3.30. The maximum absolute atomic E-state index is 13.5. The fourth-order valence-electron chi connectivity index (χ4n) is 4.21. The number of aryl methyl sites for hydroxylation is 2. The van der Waals surface area contributed by atoms with Crippen molar-refractivity contribution in [2.75, 3.05) is 18.5 Å². The lowest BCUT2D eigenvalue weighted by molar-refractivity contribution is -0.115. The Balaban J connectivity index is 1.62. The van der Waals surface area contributed by atoms with Crippen molar-refractivity contribution in [2.24, 2.45) is 0 Å². The Morgan fingerprint density at radius 3 is 2.43 bits per heavy atom. The zero-order valence-corrected chi connectivity index (χ0v) is 27.6. The minimum Gasteiger partial charge on any atom is -0.462 e. The molecule has 0 aliphatic heterocycles. The van der Waals surface area contributed by atoms with Gasteiger partial charge >= 0.3 is 11.9 Å². The number of aromatic nitrogens is 3. The Morgan fingerprint density at radius 2 is 1.75 bits per heavy atom. The van der Waals surface area contributed by atoms with Crippen molar-refractivity contribution in [3.05, 3.63) is 73.5 Å². The smallest absolute Gasteiger partial charge is 0.348 e. The average Bonchev–Trinajstić information content (AvgIpc) is 3.73. The van der Waals surface area contributed by atoms with Gasteiger partial charge in [0.25, 0.3) is 5.91 Å². The summed E-state index contributed by atoms with van der Waals surface area (Å²) in [7, 11) is 0. The lowest BCUT2D eigenvalue weighted by Gasteiger charge is -2.16. The topological polar surface area (TPSA) is 142 Å². The van der Waals surface area contributed by atoms with Gasteiger partial charge in [-0.05, 0) is 75.7 Å². The molecule has 1 atom stereocenters. The van der Waals surface area contributed by atoms with Crippen molar-refractivity contribution in [3.8, 4) is 5.69 Å². The molecule has 0 saturated heterocycles. The highest BCUT2D eigenvalue weighted by atomic mass is 32.2. The van der Waals surface area contributed by atoms with E-state index >= 15 is 0 Å². The molecule has 0 fully saturated rings. The molecule has 0 unspecified atom stereocenters. The molecule has 0 bridgehead atoms. The molecule has 2 N–H and O–H groups in total. The molecule has 11 nitrogen and oxygen atoms in total. The monoisotopic (exact) mass is 655 g/mol. The number of hydrogen-bond acceptors (Lipinski definition) is 11. The van der Waals surface area contributed by atoms with Gasteiger partial charge in [-0.2, -0.15) is 0 Å². The van der Waals surface area contributed by atoms with E-state index in [2.05, 4.69) is 20.8 Å². The fraction of sp³-hybridized carbons (Fsp3) is 0.333. The van der Waals surface area contributed by atoms with E-state index in [0.717, 1.165) is 28.2 Å². The molecule has 0 aliphatic rings. The molecular formula is C30H33N5O6S3. The van der Waals surface area contributed by atoms with Gasteiger partial charge in [-0.3, -0.25) is 14.2 Å². The lowest BCUT2D eigenvalue weighted by atomic mass is 10.1. The number of nitrogens with one attached hydrogen (secondary N) is 2. The van der Waals surface area contributed by atoms with Crippen LogP contribution in [-0.2, 0) is 20.8 Å². The van der Waals surface area contributed by atoms with Crippen molar-refractivity contribution in [1.82, 2.24) is 20.1 Å². The van der Waals surface area contributed by atoms with Crippen molar-refractivity contribution < 1.29 is 28.7 Å². The van der Waals surface area contributed by atoms with Crippen LogP contribution in [0.1, 0.15) is 73.0 Å². The zero-order chi connectivity index (χ0) is 32.0. The molecule has 0 radical (unpaired) electrons. The van der Waals surface area contributed by atoms with Gasteiger partial charge in [-0.15, -0.1) is 32.9 Å². The summed E-state index contributed by atoms with van der Waals surface area (Å²) in [6.45, 7) is 11.0. The van der Waals surface area contributed by atoms with Gasteiger partial charge in [0.1, 0.15) is 9.88 Å². The Kier molecular flexibility index (Phi) is 10.9. The van der Waals surface area contributed by atoms with Gasteiger partial charge in [-0.1, -0.05) is 30.0 Å². The molecule has 3 heterocycles. The Morgan fingerprint density at radius 1 is 1.02 bits per heavy atom. The number of carbonyl (C=O) groups excluding carboxylic acids is 4. The van der Waals surface area contributed by atoms with Gasteiger partial charge in [0.05, 0.1) is 41.1 Å². The first-order chi connectivity index (χ1) is 21.0. The third kappa shape index (κ3) is 7.37. The van der Waals surface area contributed by atoms with E-state index in [9.17, 15) is 19.2 Å². The number of benzene rings is 1. The summed E-state index contributed by atoms with van der Waals surface area (Å²) in [4.78, 5) is 52.3. The molecule has 0 saturated carbocycles. The number of carbonyl (C=O) groups is 4. The Labute approximate surface area is 267 Å². The van der Waals surface area contributed by atoms with E-state index in [1.54, 1.807) is 33.8 Å². The molecule has 44 heavy (non-hydrogen) atoms.